The van der Waals surface area contributed by atoms with Gasteiger partial charge in [0.05, 0.1) is 5.69 Å². The summed E-state index contributed by atoms with van der Waals surface area (Å²) in [5.74, 6) is 0.497. The minimum atomic E-state index is -0.668. The Balaban J connectivity index is 1.47. The van der Waals surface area contributed by atoms with E-state index in [1.165, 1.54) is 6.07 Å². The fraction of sp³-hybridized carbons (Fsp3) is 0.280. The van der Waals surface area contributed by atoms with Crippen molar-refractivity contribution in [2.75, 3.05) is 24.3 Å². The van der Waals surface area contributed by atoms with Crippen LogP contribution in [0.25, 0.3) is 11.3 Å². The minimum absolute atomic E-state index is 0.0270. The second-order valence-corrected chi connectivity index (χ2v) is 8.68. The Morgan fingerprint density at radius 1 is 1.21 bits per heavy atom. The van der Waals surface area contributed by atoms with E-state index in [2.05, 4.69) is 15.6 Å². The molecule has 9 heteroatoms. The number of pyridine rings is 1. The highest BCUT2D eigenvalue weighted by Gasteiger charge is 2.19. The number of phenols is 1. The van der Waals surface area contributed by atoms with E-state index in [9.17, 15) is 14.3 Å². The van der Waals surface area contributed by atoms with E-state index in [-0.39, 0.29) is 29.9 Å². The summed E-state index contributed by atoms with van der Waals surface area (Å²) in [6.45, 7) is 0.924. The smallest absolute Gasteiger partial charge is 0.220 e. The van der Waals surface area contributed by atoms with Crippen LogP contribution in [-0.2, 0) is 22.8 Å². The number of amides is 1. The lowest BCUT2D eigenvalue weighted by molar-refractivity contribution is -0.122. The van der Waals surface area contributed by atoms with Gasteiger partial charge in [-0.2, -0.15) is 0 Å². The van der Waals surface area contributed by atoms with Crippen LogP contribution >= 0.6 is 11.6 Å². The quantitative estimate of drug-likeness (QED) is 0.337. The Kier molecular flexibility index (Phi) is 7.49. The molecular weight excluding hydrogens is 459 g/mol. The highest BCUT2D eigenvalue weighted by molar-refractivity contribution is 6.30. The van der Waals surface area contributed by atoms with Crippen molar-refractivity contribution in [1.82, 2.24) is 10.3 Å². The molecule has 1 atom stereocenters. The van der Waals surface area contributed by atoms with E-state index in [1.807, 2.05) is 0 Å². The molecule has 0 bridgehead atoms. The van der Waals surface area contributed by atoms with Gasteiger partial charge in [-0.05, 0) is 54.8 Å². The summed E-state index contributed by atoms with van der Waals surface area (Å²) in [6.07, 6.45) is 1.33. The molecule has 7 nitrogen and oxygen atoms in total. The maximum Gasteiger partial charge on any atom is 0.220 e. The van der Waals surface area contributed by atoms with Crippen molar-refractivity contribution in [3.8, 4) is 17.0 Å². The number of anilines is 3. The number of alkyl halides is 1. The van der Waals surface area contributed by atoms with E-state index in [4.69, 9.17) is 22.1 Å². The van der Waals surface area contributed by atoms with Gasteiger partial charge in [-0.15, -0.1) is 0 Å². The fourth-order valence-corrected chi connectivity index (χ4v) is 4.04. The number of hydrogen-bond acceptors (Lipinski definition) is 6. The highest BCUT2D eigenvalue weighted by Crippen LogP contribution is 2.33. The van der Waals surface area contributed by atoms with Gasteiger partial charge in [0.15, 0.2) is 0 Å². The SMILES string of the molecule is Nc1nc(-c2cc(Nc3ccc(Cl)cc3CF)ccc2O)ccc1CNC(=O)CC1CCOC1. The van der Waals surface area contributed by atoms with Gasteiger partial charge in [-0.1, -0.05) is 17.7 Å². The second-order valence-electron chi connectivity index (χ2n) is 8.24. The number of nitrogens with zero attached hydrogens (tertiary/aromatic N) is 1. The molecular formula is C25H26ClFN4O3. The molecule has 0 aliphatic carbocycles. The van der Waals surface area contributed by atoms with Crippen molar-refractivity contribution in [3.63, 3.8) is 0 Å². The molecule has 1 aliphatic rings. The van der Waals surface area contributed by atoms with E-state index in [0.29, 0.717) is 58.4 Å². The maximum absolute atomic E-state index is 13.4. The molecule has 34 heavy (non-hydrogen) atoms. The molecule has 178 valence electrons. The average molecular weight is 485 g/mol. The third-order valence-electron chi connectivity index (χ3n) is 5.75. The summed E-state index contributed by atoms with van der Waals surface area (Å²) in [4.78, 5) is 16.6. The van der Waals surface area contributed by atoms with Crippen molar-refractivity contribution in [2.45, 2.75) is 26.1 Å². The summed E-state index contributed by atoms with van der Waals surface area (Å²) in [7, 11) is 0. The van der Waals surface area contributed by atoms with Crippen LogP contribution in [0.15, 0.2) is 48.5 Å². The number of carbonyl (C=O) groups excluding carboxylic acids is 1. The minimum Gasteiger partial charge on any atom is -0.507 e. The number of ether oxygens (including phenoxy) is 1. The van der Waals surface area contributed by atoms with Gasteiger partial charge in [-0.25, -0.2) is 9.37 Å². The molecule has 0 spiro atoms. The zero-order valence-electron chi connectivity index (χ0n) is 18.5. The molecule has 5 N–H and O–H groups in total. The lowest BCUT2D eigenvalue weighted by atomic mass is 10.0. The Morgan fingerprint density at radius 3 is 2.79 bits per heavy atom. The first-order chi connectivity index (χ1) is 16.4. The van der Waals surface area contributed by atoms with E-state index < -0.39 is 6.67 Å². The topological polar surface area (TPSA) is 110 Å². The van der Waals surface area contributed by atoms with Crippen LogP contribution in [0.4, 0.5) is 21.6 Å². The van der Waals surface area contributed by atoms with Crippen LogP contribution in [0.3, 0.4) is 0 Å². The molecule has 1 amide bonds. The van der Waals surface area contributed by atoms with Crippen LogP contribution < -0.4 is 16.4 Å². The first kappa shape index (κ1) is 23.8. The molecule has 4 rings (SSSR count). The first-order valence-corrected chi connectivity index (χ1v) is 11.4. The average Bonchev–Trinajstić information content (AvgIpc) is 3.33. The summed E-state index contributed by atoms with van der Waals surface area (Å²) in [5.41, 5.74) is 9.39. The molecule has 3 aromatic rings. The van der Waals surface area contributed by atoms with Crippen molar-refractivity contribution < 1.29 is 19.0 Å². The number of carbonyl (C=O) groups is 1. The summed E-state index contributed by atoms with van der Waals surface area (Å²) in [6, 6.07) is 13.4. The predicted octanol–water partition coefficient (Wildman–Crippen LogP) is 4.95. The third kappa shape index (κ3) is 5.76. The summed E-state index contributed by atoms with van der Waals surface area (Å²) >= 11 is 5.95. The number of aromatic hydroxyl groups is 1. The van der Waals surface area contributed by atoms with Crippen molar-refractivity contribution >= 4 is 34.7 Å². The van der Waals surface area contributed by atoms with Gasteiger partial charge in [0, 0.05) is 59.3 Å². The zero-order valence-corrected chi connectivity index (χ0v) is 19.2. The number of halogens is 2. The van der Waals surface area contributed by atoms with Crippen LogP contribution in [0.1, 0.15) is 24.0 Å². The largest absolute Gasteiger partial charge is 0.507 e. The van der Waals surface area contributed by atoms with Gasteiger partial charge in [0.2, 0.25) is 5.91 Å². The number of hydrogen-bond donors (Lipinski definition) is 4. The molecule has 1 fully saturated rings. The van der Waals surface area contributed by atoms with Crippen LogP contribution in [-0.4, -0.2) is 29.2 Å². The van der Waals surface area contributed by atoms with E-state index in [1.54, 1.807) is 42.5 Å². The van der Waals surface area contributed by atoms with Crippen molar-refractivity contribution in [2.24, 2.45) is 5.92 Å². The van der Waals surface area contributed by atoms with Gasteiger partial charge in [-0.3, -0.25) is 4.79 Å². The summed E-state index contributed by atoms with van der Waals surface area (Å²) < 4.78 is 18.7. The zero-order chi connectivity index (χ0) is 24.1. The van der Waals surface area contributed by atoms with E-state index >= 15 is 0 Å². The Labute approximate surface area is 202 Å². The molecule has 0 radical (unpaired) electrons. The summed E-state index contributed by atoms with van der Waals surface area (Å²) in [5, 5.41) is 16.9. The Bertz CT molecular complexity index is 1180. The normalized spacial score (nSPS) is 15.3. The van der Waals surface area contributed by atoms with Crippen LogP contribution in [0.5, 0.6) is 5.75 Å². The number of nitrogen functional groups attached to an aromatic ring is 1. The maximum atomic E-state index is 13.4. The lowest BCUT2D eigenvalue weighted by Crippen LogP contribution is -2.25. The molecule has 1 saturated heterocycles. The molecule has 1 unspecified atom stereocenters. The number of phenolic OH excluding ortho intramolecular Hbond substituents is 1. The van der Waals surface area contributed by atoms with Gasteiger partial charge < -0.3 is 26.2 Å². The first-order valence-electron chi connectivity index (χ1n) is 11.0. The van der Waals surface area contributed by atoms with Gasteiger partial charge in [0.1, 0.15) is 18.2 Å². The molecule has 1 aliphatic heterocycles. The highest BCUT2D eigenvalue weighted by atomic mass is 35.5. The Morgan fingerprint density at radius 2 is 2.06 bits per heavy atom. The van der Waals surface area contributed by atoms with Crippen molar-refractivity contribution in [1.29, 1.82) is 0 Å². The van der Waals surface area contributed by atoms with Gasteiger partial charge >= 0.3 is 0 Å². The third-order valence-corrected chi connectivity index (χ3v) is 5.98. The molecule has 2 aromatic carbocycles. The van der Waals surface area contributed by atoms with Gasteiger partial charge in [0.25, 0.3) is 0 Å². The van der Waals surface area contributed by atoms with E-state index in [0.717, 1.165) is 6.42 Å². The van der Waals surface area contributed by atoms with Crippen molar-refractivity contribution in [3.05, 3.63) is 64.7 Å². The monoisotopic (exact) mass is 484 g/mol. The standard InChI is InChI=1S/C25H26ClFN4O3/c26-18-2-5-21(17(10-18)12-27)30-19-3-6-23(32)20(11-19)22-4-1-16(25(28)31-22)13-29-24(33)9-15-7-8-34-14-15/h1-6,10-11,15,30,32H,7-9,12-14H2,(H2,28,31)(H,29,33). The molecule has 2 heterocycles. The number of nitrogens with one attached hydrogen (secondary N) is 2. The number of benzene rings is 2. The lowest BCUT2D eigenvalue weighted by Gasteiger charge is -2.14. The van der Waals surface area contributed by atoms with Crippen LogP contribution in [0, 0.1) is 5.92 Å². The number of rotatable bonds is 8. The Hall–Kier alpha value is -3.36. The predicted molar refractivity (Wildman–Crippen MR) is 131 cm³/mol. The number of nitrogens with two attached hydrogens (primary N) is 1. The molecule has 0 saturated carbocycles. The van der Waals surface area contributed by atoms with Crippen LogP contribution in [0.2, 0.25) is 5.02 Å². The second kappa shape index (κ2) is 10.7. The number of aromatic nitrogens is 1. The fourth-order valence-electron chi connectivity index (χ4n) is 3.84. The molecule has 1 aromatic heterocycles.